The lowest BCUT2D eigenvalue weighted by molar-refractivity contribution is 0.506. The predicted octanol–water partition coefficient (Wildman–Crippen LogP) is 5.74. The molecular weight excluding hydrogens is 359 g/mol. The minimum absolute atomic E-state index is 0.0672. The maximum atomic E-state index is 15.0. The number of fused-ring (bicyclic) bond motifs is 2. The Morgan fingerprint density at radius 3 is 2.46 bits per heavy atom. The van der Waals surface area contributed by atoms with Crippen LogP contribution >= 0.6 is 11.5 Å². The van der Waals surface area contributed by atoms with Crippen molar-refractivity contribution in [3.8, 4) is 0 Å². The summed E-state index contributed by atoms with van der Waals surface area (Å²) in [5.74, 6) is -3.30. The zero-order chi connectivity index (χ0) is 18.4. The molecule has 0 saturated carbocycles. The highest BCUT2D eigenvalue weighted by Gasteiger charge is 2.24. The summed E-state index contributed by atoms with van der Waals surface area (Å²) in [6.45, 7) is 3.52. The number of nitrogens with zero attached hydrogens (tertiary/aromatic N) is 2. The number of pyridine rings is 1. The van der Waals surface area contributed by atoms with E-state index in [1.54, 1.807) is 13.8 Å². The topological polar surface area (TPSA) is 37.8 Å². The predicted molar refractivity (Wildman–Crippen MR) is 98.0 cm³/mol. The first kappa shape index (κ1) is 16.8. The van der Waals surface area contributed by atoms with E-state index in [9.17, 15) is 8.78 Å². The first-order chi connectivity index (χ1) is 12.5. The highest BCUT2D eigenvalue weighted by molar-refractivity contribution is 7.13. The monoisotopic (exact) mass is 373 g/mol. The van der Waals surface area contributed by atoms with E-state index in [1.165, 1.54) is 6.07 Å². The normalized spacial score (nSPS) is 12.7. The summed E-state index contributed by atoms with van der Waals surface area (Å²) >= 11 is 1.07. The van der Waals surface area contributed by atoms with Gasteiger partial charge >= 0.3 is 0 Å². The number of aryl methyl sites for hydroxylation is 1. The summed E-state index contributed by atoms with van der Waals surface area (Å²) in [4.78, 5) is 4.52. The molecule has 7 heteroatoms. The summed E-state index contributed by atoms with van der Waals surface area (Å²) in [6.07, 6.45) is 0. The van der Waals surface area contributed by atoms with Crippen LogP contribution in [-0.4, -0.2) is 9.36 Å². The van der Waals surface area contributed by atoms with Crippen LogP contribution in [0.25, 0.3) is 21.1 Å². The van der Waals surface area contributed by atoms with E-state index in [-0.39, 0.29) is 10.9 Å². The lowest BCUT2D eigenvalue weighted by Gasteiger charge is -2.18. The zero-order valence-corrected chi connectivity index (χ0v) is 14.8. The third-order valence-electron chi connectivity index (χ3n) is 4.38. The second-order valence-corrected chi connectivity index (χ2v) is 6.85. The van der Waals surface area contributed by atoms with Crippen LogP contribution in [0, 0.1) is 24.4 Å². The molecule has 0 bridgehead atoms. The maximum absolute atomic E-state index is 15.0. The van der Waals surface area contributed by atoms with Crippen molar-refractivity contribution in [2.75, 3.05) is 5.32 Å². The summed E-state index contributed by atoms with van der Waals surface area (Å²) in [5.41, 5.74) is 0.691. The van der Waals surface area contributed by atoms with Crippen LogP contribution in [0.1, 0.15) is 24.2 Å². The fourth-order valence-corrected chi connectivity index (χ4v) is 3.69. The van der Waals surface area contributed by atoms with Crippen molar-refractivity contribution < 1.29 is 13.2 Å². The minimum Gasteiger partial charge on any atom is -0.374 e. The Bertz CT molecular complexity index is 1130. The third kappa shape index (κ3) is 2.59. The summed E-state index contributed by atoms with van der Waals surface area (Å²) < 4.78 is 48.3. The molecule has 132 valence electrons. The van der Waals surface area contributed by atoms with E-state index in [4.69, 9.17) is 0 Å². The van der Waals surface area contributed by atoms with E-state index in [0.29, 0.717) is 15.9 Å². The quantitative estimate of drug-likeness (QED) is 0.465. The van der Waals surface area contributed by atoms with Crippen molar-refractivity contribution in [2.45, 2.75) is 19.9 Å². The second kappa shape index (κ2) is 6.25. The molecule has 2 aromatic carbocycles. The standard InChI is InChI=1S/C19H14F3N3S/c1-9(11-6-4-3-5-7-11)23-18-14(20)13-8-12-10(2)25-26-19(12)24-17(13)15(21)16(18)22/h3-9,23H,1-2H3. The van der Waals surface area contributed by atoms with Crippen LogP contribution in [0.4, 0.5) is 18.9 Å². The Morgan fingerprint density at radius 2 is 1.73 bits per heavy atom. The first-order valence-corrected chi connectivity index (χ1v) is 8.79. The Kier molecular flexibility index (Phi) is 4.03. The van der Waals surface area contributed by atoms with Crippen molar-refractivity contribution in [3.63, 3.8) is 0 Å². The fourth-order valence-electron chi connectivity index (χ4n) is 2.93. The maximum Gasteiger partial charge on any atom is 0.187 e. The molecule has 4 aromatic rings. The van der Waals surface area contributed by atoms with Gasteiger partial charge in [0.25, 0.3) is 0 Å². The number of nitrogens with one attached hydrogen (secondary N) is 1. The lowest BCUT2D eigenvalue weighted by atomic mass is 10.1. The molecular formula is C19H14F3N3S. The van der Waals surface area contributed by atoms with Gasteiger partial charge in [0.1, 0.15) is 16.0 Å². The number of hydrogen-bond acceptors (Lipinski definition) is 4. The summed E-state index contributed by atoms with van der Waals surface area (Å²) in [7, 11) is 0. The van der Waals surface area contributed by atoms with Gasteiger partial charge in [-0.1, -0.05) is 30.3 Å². The molecule has 0 aliphatic heterocycles. The van der Waals surface area contributed by atoms with E-state index in [0.717, 1.165) is 17.1 Å². The number of benzene rings is 2. The Balaban J connectivity index is 1.89. The molecule has 0 spiro atoms. The number of hydrogen-bond donors (Lipinski definition) is 1. The molecule has 0 amide bonds. The van der Waals surface area contributed by atoms with Crippen LogP contribution in [-0.2, 0) is 0 Å². The van der Waals surface area contributed by atoms with Crippen molar-refractivity contribution in [1.29, 1.82) is 0 Å². The molecule has 0 aliphatic rings. The van der Waals surface area contributed by atoms with Crippen molar-refractivity contribution >= 4 is 38.3 Å². The molecule has 0 saturated heterocycles. The highest BCUT2D eigenvalue weighted by Crippen LogP contribution is 2.35. The molecule has 0 radical (unpaired) electrons. The summed E-state index contributed by atoms with van der Waals surface area (Å²) in [6, 6.07) is 10.2. The molecule has 0 fully saturated rings. The van der Waals surface area contributed by atoms with Crippen LogP contribution < -0.4 is 5.32 Å². The largest absolute Gasteiger partial charge is 0.374 e. The van der Waals surface area contributed by atoms with E-state index < -0.39 is 29.2 Å². The second-order valence-electron chi connectivity index (χ2n) is 6.10. The van der Waals surface area contributed by atoms with E-state index in [1.807, 2.05) is 30.3 Å². The Hall–Kier alpha value is -2.67. The molecule has 2 aromatic heterocycles. The number of anilines is 1. The fraction of sp³-hybridized carbons (Fsp3) is 0.158. The van der Waals surface area contributed by atoms with Gasteiger partial charge < -0.3 is 5.32 Å². The van der Waals surface area contributed by atoms with Crippen LogP contribution in [0.15, 0.2) is 36.4 Å². The van der Waals surface area contributed by atoms with Gasteiger partial charge in [0.2, 0.25) is 0 Å². The van der Waals surface area contributed by atoms with Crippen molar-refractivity contribution in [2.24, 2.45) is 0 Å². The van der Waals surface area contributed by atoms with Gasteiger partial charge in [0.15, 0.2) is 17.5 Å². The molecule has 3 nitrogen and oxygen atoms in total. The molecule has 4 rings (SSSR count). The van der Waals surface area contributed by atoms with Crippen molar-refractivity contribution in [3.05, 3.63) is 65.1 Å². The molecule has 0 aliphatic carbocycles. The van der Waals surface area contributed by atoms with Gasteiger partial charge in [0.05, 0.1) is 5.69 Å². The van der Waals surface area contributed by atoms with Crippen LogP contribution in [0.5, 0.6) is 0 Å². The lowest BCUT2D eigenvalue weighted by Crippen LogP contribution is -2.11. The highest BCUT2D eigenvalue weighted by atomic mass is 32.1. The van der Waals surface area contributed by atoms with Gasteiger partial charge in [-0.3, -0.25) is 0 Å². The van der Waals surface area contributed by atoms with Gasteiger partial charge in [-0.05, 0) is 37.0 Å². The van der Waals surface area contributed by atoms with E-state index >= 15 is 4.39 Å². The molecule has 1 atom stereocenters. The van der Waals surface area contributed by atoms with Gasteiger partial charge in [-0.2, -0.15) is 4.37 Å². The van der Waals surface area contributed by atoms with Crippen LogP contribution in [0.3, 0.4) is 0 Å². The number of rotatable bonds is 3. The SMILES string of the molecule is Cc1nsc2nc3c(F)c(F)c(NC(C)c4ccccc4)c(F)c3cc12. The Morgan fingerprint density at radius 1 is 1.00 bits per heavy atom. The Labute approximate surface area is 151 Å². The number of aromatic nitrogens is 2. The summed E-state index contributed by atoms with van der Waals surface area (Å²) in [5, 5.41) is 3.32. The van der Waals surface area contributed by atoms with Crippen LogP contribution in [0.2, 0.25) is 0 Å². The van der Waals surface area contributed by atoms with Gasteiger partial charge in [-0.15, -0.1) is 0 Å². The average Bonchev–Trinajstić information content (AvgIpc) is 3.03. The van der Waals surface area contributed by atoms with Gasteiger partial charge in [-0.25, -0.2) is 18.2 Å². The third-order valence-corrected chi connectivity index (χ3v) is 5.23. The number of halogens is 3. The van der Waals surface area contributed by atoms with Gasteiger partial charge in [0, 0.05) is 16.8 Å². The molecule has 2 heterocycles. The smallest absolute Gasteiger partial charge is 0.187 e. The minimum atomic E-state index is -1.27. The zero-order valence-electron chi connectivity index (χ0n) is 14.0. The molecule has 26 heavy (non-hydrogen) atoms. The molecule has 1 N–H and O–H groups in total. The van der Waals surface area contributed by atoms with Crippen molar-refractivity contribution in [1.82, 2.24) is 9.36 Å². The van der Waals surface area contributed by atoms with E-state index in [2.05, 4.69) is 14.7 Å². The molecule has 1 unspecified atom stereocenters. The average molecular weight is 373 g/mol. The first-order valence-electron chi connectivity index (χ1n) is 8.02.